The van der Waals surface area contributed by atoms with E-state index < -0.39 is 11.8 Å². The number of nitrogens with zero attached hydrogens (tertiary/aromatic N) is 4. The van der Waals surface area contributed by atoms with Gasteiger partial charge in [0.2, 0.25) is 0 Å². The van der Waals surface area contributed by atoms with E-state index in [1.165, 1.54) is 4.57 Å². The Morgan fingerprint density at radius 1 is 0.833 bits per heavy atom. The molecule has 0 atom stereocenters. The monoisotopic (exact) mass is 396 g/mol. The Kier molecular flexibility index (Phi) is 4.03. The molecule has 5 rings (SSSR count). The predicted molar refractivity (Wildman–Crippen MR) is 111 cm³/mol. The summed E-state index contributed by atoms with van der Waals surface area (Å²) in [4.78, 5) is 49.0. The summed E-state index contributed by atoms with van der Waals surface area (Å²) in [6.07, 6.45) is 1.58. The van der Waals surface area contributed by atoms with Crippen molar-refractivity contribution >= 4 is 22.7 Å². The summed E-state index contributed by atoms with van der Waals surface area (Å²) in [7, 11) is 0. The number of para-hydroxylation sites is 1. The summed E-state index contributed by atoms with van der Waals surface area (Å²) in [5, 5.41) is 0.448. The van der Waals surface area contributed by atoms with Gasteiger partial charge in [-0.3, -0.25) is 28.8 Å². The molecule has 0 bridgehead atoms. The van der Waals surface area contributed by atoms with E-state index >= 15 is 0 Å². The SMILES string of the molecule is Cc1ccc(-n2c(CN3C(=O)c4ccccc4C3=O)nc3ccccc3c2=O)cn1. The lowest BCUT2D eigenvalue weighted by atomic mass is 10.1. The minimum absolute atomic E-state index is 0.125. The van der Waals surface area contributed by atoms with Gasteiger partial charge in [0.25, 0.3) is 17.4 Å². The second-order valence-corrected chi connectivity index (χ2v) is 7.09. The molecule has 0 radical (unpaired) electrons. The van der Waals surface area contributed by atoms with Gasteiger partial charge in [-0.05, 0) is 43.3 Å². The molecule has 3 heterocycles. The van der Waals surface area contributed by atoms with Crippen molar-refractivity contribution in [2.75, 3.05) is 0 Å². The van der Waals surface area contributed by atoms with Gasteiger partial charge in [0, 0.05) is 5.69 Å². The summed E-state index contributed by atoms with van der Waals surface area (Å²) in [6, 6.07) is 17.3. The van der Waals surface area contributed by atoms with Crippen molar-refractivity contribution in [2.24, 2.45) is 0 Å². The molecule has 0 N–H and O–H groups in total. The smallest absolute Gasteiger partial charge is 0.266 e. The first-order valence-corrected chi connectivity index (χ1v) is 9.43. The number of carbonyl (C=O) groups excluding carboxylic acids is 2. The Hall–Kier alpha value is -4.13. The van der Waals surface area contributed by atoms with Crippen LogP contribution in [0.4, 0.5) is 0 Å². The van der Waals surface area contributed by atoms with Gasteiger partial charge in [-0.25, -0.2) is 4.98 Å². The maximum Gasteiger partial charge on any atom is 0.266 e. The molecule has 0 unspecified atom stereocenters. The molecule has 0 saturated carbocycles. The molecule has 2 aromatic heterocycles. The summed E-state index contributed by atoms with van der Waals surface area (Å²) >= 11 is 0. The van der Waals surface area contributed by atoms with Crippen LogP contribution in [0.1, 0.15) is 32.2 Å². The molecule has 2 amide bonds. The molecule has 1 aliphatic heterocycles. The van der Waals surface area contributed by atoms with Crippen molar-refractivity contribution in [3.8, 4) is 5.69 Å². The van der Waals surface area contributed by atoms with Crippen LogP contribution in [0.25, 0.3) is 16.6 Å². The maximum atomic E-state index is 13.3. The molecule has 30 heavy (non-hydrogen) atoms. The van der Waals surface area contributed by atoms with E-state index in [2.05, 4.69) is 9.97 Å². The van der Waals surface area contributed by atoms with Crippen molar-refractivity contribution in [2.45, 2.75) is 13.5 Å². The Labute approximate surface area is 171 Å². The minimum atomic E-state index is -0.397. The molecule has 0 fully saturated rings. The molecule has 7 nitrogen and oxygen atoms in total. The first-order chi connectivity index (χ1) is 14.5. The molecule has 2 aromatic carbocycles. The van der Waals surface area contributed by atoms with Crippen molar-refractivity contribution in [3.05, 3.63) is 99.9 Å². The van der Waals surface area contributed by atoms with Crippen LogP contribution in [0.3, 0.4) is 0 Å². The van der Waals surface area contributed by atoms with Gasteiger partial charge >= 0.3 is 0 Å². The summed E-state index contributed by atoms with van der Waals surface area (Å²) < 4.78 is 1.42. The van der Waals surface area contributed by atoms with Gasteiger partial charge in [0.15, 0.2) is 0 Å². The molecule has 0 saturated heterocycles. The van der Waals surface area contributed by atoms with Crippen LogP contribution in [-0.2, 0) is 6.54 Å². The van der Waals surface area contributed by atoms with Crippen molar-refractivity contribution < 1.29 is 9.59 Å². The standard InChI is InChI=1S/C23H16N4O3/c1-14-10-11-15(12-24-14)27-20(25-19-9-5-4-8-18(19)23(27)30)13-26-21(28)16-6-2-3-7-17(16)22(26)29/h2-12H,13H2,1H3. The first kappa shape index (κ1) is 17.9. The van der Waals surface area contributed by atoms with Crippen LogP contribution in [0.2, 0.25) is 0 Å². The number of fused-ring (bicyclic) bond motifs is 2. The van der Waals surface area contributed by atoms with Gasteiger partial charge in [-0.2, -0.15) is 0 Å². The number of aromatic nitrogens is 3. The molecule has 0 spiro atoms. The Bertz CT molecular complexity index is 1350. The minimum Gasteiger partial charge on any atom is -0.269 e. The number of rotatable bonds is 3. The number of imide groups is 1. The average Bonchev–Trinajstić information content (AvgIpc) is 3.00. The van der Waals surface area contributed by atoms with E-state index in [9.17, 15) is 14.4 Å². The maximum absolute atomic E-state index is 13.3. The van der Waals surface area contributed by atoms with E-state index in [0.29, 0.717) is 33.5 Å². The normalized spacial score (nSPS) is 13.2. The summed E-state index contributed by atoms with van der Waals surface area (Å²) in [5.74, 6) is -0.503. The fourth-order valence-corrected chi connectivity index (χ4v) is 3.67. The van der Waals surface area contributed by atoms with Crippen LogP contribution in [0, 0.1) is 6.92 Å². The highest BCUT2D eigenvalue weighted by molar-refractivity contribution is 6.21. The highest BCUT2D eigenvalue weighted by Gasteiger charge is 2.36. The predicted octanol–water partition coefficient (Wildman–Crippen LogP) is 2.89. The van der Waals surface area contributed by atoms with E-state index in [1.54, 1.807) is 66.9 Å². The number of hydrogen-bond donors (Lipinski definition) is 0. The number of carbonyl (C=O) groups is 2. The van der Waals surface area contributed by atoms with Crippen molar-refractivity contribution in [3.63, 3.8) is 0 Å². The average molecular weight is 396 g/mol. The first-order valence-electron chi connectivity index (χ1n) is 9.43. The van der Waals surface area contributed by atoms with Crippen LogP contribution in [0.15, 0.2) is 71.7 Å². The van der Waals surface area contributed by atoms with Crippen molar-refractivity contribution in [1.82, 2.24) is 19.4 Å². The Morgan fingerprint density at radius 3 is 2.17 bits per heavy atom. The summed E-state index contributed by atoms with van der Waals surface area (Å²) in [6.45, 7) is 1.73. The zero-order valence-corrected chi connectivity index (χ0v) is 16.1. The molecular formula is C23H16N4O3. The molecule has 0 aliphatic carbocycles. The number of aryl methyl sites for hydroxylation is 1. The van der Waals surface area contributed by atoms with Gasteiger partial charge < -0.3 is 0 Å². The van der Waals surface area contributed by atoms with Crippen LogP contribution < -0.4 is 5.56 Å². The highest BCUT2D eigenvalue weighted by Crippen LogP contribution is 2.24. The zero-order valence-electron chi connectivity index (χ0n) is 16.1. The summed E-state index contributed by atoms with van der Waals surface area (Å²) in [5.41, 5.74) is 2.27. The molecule has 7 heteroatoms. The second-order valence-electron chi connectivity index (χ2n) is 7.09. The molecule has 1 aliphatic rings. The topological polar surface area (TPSA) is 85.2 Å². The van der Waals surface area contributed by atoms with E-state index in [1.807, 2.05) is 6.92 Å². The Balaban J connectivity index is 1.68. The fraction of sp³-hybridized carbons (Fsp3) is 0.0870. The van der Waals surface area contributed by atoms with Crippen LogP contribution in [-0.4, -0.2) is 31.2 Å². The number of benzene rings is 2. The third kappa shape index (κ3) is 2.71. The highest BCUT2D eigenvalue weighted by atomic mass is 16.2. The van der Waals surface area contributed by atoms with Gasteiger partial charge in [0.1, 0.15) is 5.82 Å². The van der Waals surface area contributed by atoms with Crippen LogP contribution in [0.5, 0.6) is 0 Å². The molecule has 4 aromatic rings. The van der Waals surface area contributed by atoms with Gasteiger partial charge in [0.05, 0.1) is 40.5 Å². The van der Waals surface area contributed by atoms with Gasteiger partial charge in [-0.1, -0.05) is 24.3 Å². The second kappa shape index (κ2) is 6.73. The van der Waals surface area contributed by atoms with E-state index in [4.69, 9.17) is 0 Å². The van der Waals surface area contributed by atoms with E-state index in [-0.39, 0.29) is 12.1 Å². The molecule has 146 valence electrons. The van der Waals surface area contributed by atoms with Gasteiger partial charge in [-0.15, -0.1) is 0 Å². The lowest BCUT2D eigenvalue weighted by Crippen LogP contribution is -2.33. The number of amides is 2. The lowest BCUT2D eigenvalue weighted by Gasteiger charge is -2.18. The zero-order chi connectivity index (χ0) is 20.8. The lowest BCUT2D eigenvalue weighted by molar-refractivity contribution is 0.0637. The quantitative estimate of drug-likeness (QED) is 0.497. The third-order valence-corrected chi connectivity index (χ3v) is 5.18. The number of hydrogen-bond acceptors (Lipinski definition) is 5. The van der Waals surface area contributed by atoms with E-state index in [0.717, 1.165) is 10.6 Å². The third-order valence-electron chi connectivity index (χ3n) is 5.18. The van der Waals surface area contributed by atoms with Crippen LogP contribution >= 0.6 is 0 Å². The van der Waals surface area contributed by atoms with Crippen molar-refractivity contribution in [1.29, 1.82) is 0 Å². The number of pyridine rings is 1. The fourth-order valence-electron chi connectivity index (χ4n) is 3.67. The Morgan fingerprint density at radius 2 is 1.50 bits per heavy atom. The largest absolute Gasteiger partial charge is 0.269 e. The molecular weight excluding hydrogens is 380 g/mol.